The lowest BCUT2D eigenvalue weighted by Gasteiger charge is -2.16. The van der Waals surface area contributed by atoms with Gasteiger partial charge in [-0.3, -0.25) is 10.5 Å². The zero-order valence-electron chi connectivity index (χ0n) is 10.9. The highest BCUT2D eigenvalue weighted by Crippen LogP contribution is 2.28. The zero-order valence-corrected chi connectivity index (χ0v) is 12.5. The molecule has 0 amide bonds. The van der Waals surface area contributed by atoms with E-state index in [1.165, 1.54) is 12.1 Å². The highest BCUT2D eigenvalue weighted by atomic mass is 79.9. The Morgan fingerprint density at radius 3 is 2.60 bits per heavy atom. The molecule has 0 aliphatic rings. The SMILES string of the molecule is CCCn1cc(C(NN)c2c(F)cc(Br)cc2F)cn1. The smallest absolute Gasteiger partial charge is 0.132 e. The molecule has 1 unspecified atom stereocenters. The first kappa shape index (κ1) is 15.1. The molecule has 0 fully saturated rings. The molecule has 0 aliphatic heterocycles. The van der Waals surface area contributed by atoms with E-state index < -0.39 is 17.7 Å². The van der Waals surface area contributed by atoms with E-state index in [1.54, 1.807) is 17.1 Å². The van der Waals surface area contributed by atoms with Gasteiger partial charge in [0, 0.05) is 28.3 Å². The van der Waals surface area contributed by atoms with Crippen molar-refractivity contribution in [3.8, 4) is 0 Å². The van der Waals surface area contributed by atoms with E-state index >= 15 is 0 Å². The summed E-state index contributed by atoms with van der Waals surface area (Å²) in [6.45, 7) is 2.76. The van der Waals surface area contributed by atoms with Crippen LogP contribution in [-0.4, -0.2) is 9.78 Å². The van der Waals surface area contributed by atoms with Crippen molar-refractivity contribution < 1.29 is 8.78 Å². The average Bonchev–Trinajstić information content (AvgIpc) is 2.82. The second-order valence-corrected chi connectivity index (χ2v) is 5.34. The summed E-state index contributed by atoms with van der Waals surface area (Å²) in [5, 5.41) is 4.14. The molecule has 1 aromatic heterocycles. The number of halogens is 3. The van der Waals surface area contributed by atoms with Gasteiger partial charge >= 0.3 is 0 Å². The van der Waals surface area contributed by atoms with Crippen molar-refractivity contribution >= 4 is 15.9 Å². The molecule has 0 spiro atoms. The monoisotopic (exact) mass is 344 g/mol. The van der Waals surface area contributed by atoms with E-state index in [1.807, 2.05) is 6.92 Å². The normalized spacial score (nSPS) is 12.7. The molecule has 108 valence electrons. The van der Waals surface area contributed by atoms with Crippen LogP contribution in [0.2, 0.25) is 0 Å². The maximum absolute atomic E-state index is 14.0. The molecule has 0 saturated heterocycles. The van der Waals surface area contributed by atoms with Crippen LogP contribution >= 0.6 is 15.9 Å². The summed E-state index contributed by atoms with van der Waals surface area (Å²) < 4.78 is 30.1. The van der Waals surface area contributed by atoms with Gasteiger partial charge in [0.15, 0.2) is 0 Å². The van der Waals surface area contributed by atoms with Gasteiger partial charge in [-0.2, -0.15) is 5.10 Å². The third-order valence-electron chi connectivity index (χ3n) is 2.94. The molecule has 7 heteroatoms. The largest absolute Gasteiger partial charge is 0.272 e. The topological polar surface area (TPSA) is 55.9 Å². The standard InChI is InChI=1S/C13H15BrF2N4/c1-2-3-20-7-8(6-18-20)13(19-17)12-10(15)4-9(14)5-11(12)16/h4-7,13,19H,2-3,17H2,1H3. The maximum Gasteiger partial charge on any atom is 0.132 e. The molecular formula is C13H15BrF2N4. The van der Waals surface area contributed by atoms with Crippen molar-refractivity contribution in [1.29, 1.82) is 0 Å². The number of hydrogen-bond acceptors (Lipinski definition) is 3. The van der Waals surface area contributed by atoms with Crippen molar-refractivity contribution in [1.82, 2.24) is 15.2 Å². The van der Waals surface area contributed by atoms with Crippen LogP contribution in [0.1, 0.15) is 30.5 Å². The predicted molar refractivity (Wildman–Crippen MR) is 75.7 cm³/mol. The molecule has 3 N–H and O–H groups in total. The molecule has 0 bridgehead atoms. The van der Waals surface area contributed by atoms with E-state index in [4.69, 9.17) is 5.84 Å². The molecule has 4 nitrogen and oxygen atoms in total. The Balaban J connectivity index is 2.41. The fourth-order valence-electron chi connectivity index (χ4n) is 2.06. The number of rotatable bonds is 5. The number of benzene rings is 1. The number of aryl methyl sites for hydroxylation is 1. The number of aromatic nitrogens is 2. The van der Waals surface area contributed by atoms with Crippen LogP contribution in [0.15, 0.2) is 29.0 Å². The number of nitrogens with one attached hydrogen (secondary N) is 1. The molecule has 0 saturated carbocycles. The number of nitrogens with zero attached hydrogens (tertiary/aromatic N) is 2. The van der Waals surface area contributed by atoms with Crippen molar-refractivity contribution in [2.45, 2.75) is 25.9 Å². The van der Waals surface area contributed by atoms with Gasteiger partial charge in [0.2, 0.25) is 0 Å². The average molecular weight is 345 g/mol. The lowest BCUT2D eigenvalue weighted by atomic mass is 10.0. The quantitative estimate of drug-likeness (QED) is 0.647. The molecule has 20 heavy (non-hydrogen) atoms. The number of hydrogen-bond donors (Lipinski definition) is 2. The summed E-state index contributed by atoms with van der Waals surface area (Å²) in [5.41, 5.74) is 2.94. The van der Waals surface area contributed by atoms with Gasteiger partial charge in [-0.1, -0.05) is 22.9 Å². The fourth-order valence-corrected chi connectivity index (χ4v) is 2.46. The predicted octanol–water partition coefficient (Wildman–Crippen LogP) is 2.89. The van der Waals surface area contributed by atoms with Crippen LogP contribution in [0.25, 0.3) is 0 Å². The van der Waals surface area contributed by atoms with Gasteiger partial charge in [-0.05, 0) is 18.6 Å². The summed E-state index contributed by atoms with van der Waals surface area (Å²) in [6, 6.07) is 1.63. The Bertz CT molecular complexity index is 577. The van der Waals surface area contributed by atoms with Gasteiger partial charge in [0.1, 0.15) is 11.6 Å². The Hall–Kier alpha value is -1.31. The first-order chi connectivity index (χ1) is 9.56. The molecule has 1 aromatic carbocycles. The van der Waals surface area contributed by atoms with Crippen molar-refractivity contribution in [3.63, 3.8) is 0 Å². The van der Waals surface area contributed by atoms with Gasteiger partial charge < -0.3 is 0 Å². The van der Waals surface area contributed by atoms with E-state index in [2.05, 4.69) is 26.5 Å². The third kappa shape index (κ3) is 3.05. The van der Waals surface area contributed by atoms with E-state index in [-0.39, 0.29) is 5.56 Å². The van der Waals surface area contributed by atoms with Gasteiger partial charge in [-0.15, -0.1) is 0 Å². The van der Waals surface area contributed by atoms with Crippen molar-refractivity contribution in [2.24, 2.45) is 5.84 Å². The summed E-state index contributed by atoms with van der Waals surface area (Å²) >= 11 is 3.05. The second kappa shape index (κ2) is 6.43. The minimum absolute atomic E-state index is 0.119. The van der Waals surface area contributed by atoms with Crippen LogP contribution in [0.4, 0.5) is 8.78 Å². The molecule has 0 radical (unpaired) electrons. The fraction of sp³-hybridized carbons (Fsp3) is 0.308. The van der Waals surface area contributed by atoms with Crippen LogP contribution in [0, 0.1) is 11.6 Å². The van der Waals surface area contributed by atoms with Crippen molar-refractivity contribution in [3.05, 3.63) is 51.8 Å². The number of nitrogens with two attached hydrogens (primary N) is 1. The lowest BCUT2D eigenvalue weighted by molar-refractivity contribution is 0.509. The highest BCUT2D eigenvalue weighted by Gasteiger charge is 2.23. The van der Waals surface area contributed by atoms with Gasteiger partial charge in [0.05, 0.1) is 12.2 Å². The highest BCUT2D eigenvalue weighted by molar-refractivity contribution is 9.10. The minimum Gasteiger partial charge on any atom is -0.272 e. The third-order valence-corrected chi connectivity index (χ3v) is 3.40. The Labute approximate surface area is 124 Å². The van der Waals surface area contributed by atoms with Crippen LogP contribution in [0.5, 0.6) is 0 Å². The molecule has 1 heterocycles. The van der Waals surface area contributed by atoms with Crippen molar-refractivity contribution in [2.75, 3.05) is 0 Å². The Kier molecular flexibility index (Phi) is 4.85. The Morgan fingerprint density at radius 1 is 1.40 bits per heavy atom. The van der Waals surface area contributed by atoms with Crippen LogP contribution in [0.3, 0.4) is 0 Å². The van der Waals surface area contributed by atoms with E-state index in [0.29, 0.717) is 10.0 Å². The second-order valence-electron chi connectivity index (χ2n) is 4.42. The van der Waals surface area contributed by atoms with E-state index in [0.717, 1.165) is 13.0 Å². The van der Waals surface area contributed by atoms with Crippen LogP contribution < -0.4 is 11.3 Å². The molecule has 0 aliphatic carbocycles. The van der Waals surface area contributed by atoms with Gasteiger partial charge in [-0.25, -0.2) is 14.2 Å². The molecule has 2 aromatic rings. The maximum atomic E-state index is 14.0. The lowest BCUT2D eigenvalue weighted by Crippen LogP contribution is -2.30. The summed E-state index contributed by atoms with van der Waals surface area (Å²) in [4.78, 5) is 0. The summed E-state index contributed by atoms with van der Waals surface area (Å²) in [6.07, 6.45) is 4.21. The van der Waals surface area contributed by atoms with Crippen LogP contribution in [-0.2, 0) is 6.54 Å². The van der Waals surface area contributed by atoms with E-state index in [9.17, 15) is 8.78 Å². The molecular weight excluding hydrogens is 330 g/mol. The summed E-state index contributed by atoms with van der Waals surface area (Å²) in [5.74, 6) is 4.14. The summed E-state index contributed by atoms with van der Waals surface area (Å²) in [7, 11) is 0. The zero-order chi connectivity index (χ0) is 14.7. The first-order valence-electron chi connectivity index (χ1n) is 6.19. The number of hydrazine groups is 1. The Morgan fingerprint density at radius 2 is 2.05 bits per heavy atom. The molecule has 1 atom stereocenters. The molecule has 2 rings (SSSR count). The van der Waals surface area contributed by atoms with Gasteiger partial charge in [0.25, 0.3) is 0 Å². The first-order valence-corrected chi connectivity index (χ1v) is 6.99. The minimum atomic E-state index is -0.784.